The Balaban J connectivity index is 1.13. The lowest BCUT2D eigenvalue weighted by molar-refractivity contribution is -0.236. The Morgan fingerprint density at radius 2 is 1.58 bits per heavy atom. The molecule has 1 heterocycles. The number of carbonyl (C=O) groups is 2. The van der Waals surface area contributed by atoms with Crippen molar-refractivity contribution >= 4 is 27.3 Å². The highest BCUT2D eigenvalue weighted by molar-refractivity contribution is 7.91. The number of allylic oxidation sites excluding steroid dienone is 2. The Morgan fingerprint density at radius 3 is 2.23 bits per heavy atom. The van der Waals surface area contributed by atoms with Crippen LogP contribution in [-0.2, 0) is 14.6 Å². The van der Waals surface area contributed by atoms with Gasteiger partial charge in [-0.3, -0.25) is 4.79 Å². The molecule has 10 atom stereocenters. The fourth-order valence-corrected chi connectivity index (χ4v) is 15.5. The monoisotopic (exact) mass is 752 g/mol. The molecular formula is C44H65FN2O5S. The maximum atomic E-state index is 17.3. The first kappa shape index (κ1) is 39.0. The van der Waals surface area contributed by atoms with Gasteiger partial charge in [-0.1, -0.05) is 60.6 Å². The molecule has 53 heavy (non-hydrogen) atoms. The Hall–Kier alpha value is -2.26. The number of amides is 1. The van der Waals surface area contributed by atoms with Crippen molar-refractivity contribution in [1.29, 1.82) is 0 Å². The number of hydrogen-bond donors (Lipinski definition) is 2. The number of hydrogen-bond acceptors (Lipinski definition) is 5. The Bertz CT molecular complexity index is 1730. The second-order valence-electron chi connectivity index (χ2n) is 19.8. The van der Waals surface area contributed by atoms with E-state index in [-0.39, 0.29) is 56.5 Å². The van der Waals surface area contributed by atoms with E-state index in [4.69, 9.17) is 0 Å². The predicted octanol–water partition coefficient (Wildman–Crippen LogP) is 8.30. The molecule has 6 aliphatic rings. The highest BCUT2D eigenvalue weighted by Gasteiger charge is 2.72. The lowest BCUT2D eigenvalue weighted by Crippen LogP contribution is -2.68. The number of nitrogens with zero attached hydrogens (tertiary/aromatic N) is 1. The van der Waals surface area contributed by atoms with Crippen LogP contribution in [0.25, 0.3) is 5.57 Å². The molecule has 0 unspecified atom stereocenters. The third-order valence-corrected chi connectivity index (χ3v) is 18.9. The van der Waals surface area contributed by atoms with Gasteiger partial charge in [-0.25, -0.2) is 17.6 Å². The van der Waals surface area contributed by atoms with Crippen LogP contribution in [-0.4, -0.2) is 74.2 Å². The van der Waals surface area contributed by atoms with Gasteiger partial charge in [0, 0.05) is 25.0 Å². The zero-order chi connectivity index (χ0) is 38.4. The minimum Gasteiger partial charge on any atom is -0.478 e. The fraction of sp³-hybridized carbons (Fsp3) is 0.773. The van der Waals surface area contributed by atoms with Crippen molar-refractivity contribution in [2.75, 3.05) is 37.7 Å². The molecule has 1 amide bonds. The molecule has 4 saturated carbocycles. The molecule has 2 N–H and O–H groups in total. The van der Waals surface area contributed by atoms with Crippen LogP contribution in [0.1, 0.15) is 122 Å². The molecule has 5 fully saturated rings. The molecule has 1 aromatic carbocycles. The number of carbonyl (C=O) groups excluding carboxylic acids is 1. The summed E-state index contributed by atoms with van der Waals surface area (Å²) < 4.78 is 41.0. The Labute approximate surface area is 318 Å². The van der Waals surface area contributed by atoms with Crippen LogP contribution >= 0.6 is 0 Å². The zero-order valence-corrected chi connectivity index (χ0v) is 34.2. The van der Waals surface area contributed by atoms with Crippen molar-refractivity contribution in [1.82, 2.24) is 10.2 Å². The predicted molar refractivity (Wildman–Crippen MR) is 209 cm³/mol. The molecule has 0 aromatic heterocycles. The zero-order valence-electron chi connectivity index (χ0n) is 33.3. The van der Waals surface area contributed by atoms with Gasteiger partial charge in [-0.2, -0.15) is 0 Å². The van der Waals surface area contributed by atoms with Crippen LogP contribution < -0.4 is 5.32 Å². The molecule has 1 aliphatic heterocycles. The summed E-state index contributed by atoms with van der Waals surface area (Å²) in [4.78, 5) is 28.3. The van der Waals surface area contributed by atoms with Crippen LogP contribution in [0, 0.1) is 62.6 Å². The molecule has 294 valence electrons. The average molecular weight is 753 g/mol. The first-order valence-corrected chi connectivity index (χ1v) is 22.6. The number of carboxylic acid groups (broad SMARTS) is 1. The summed E-state index contributed by atoms with van der Waals surface area (Å²) in [5.41, 5.74) is 0.956. The van der Waals surface area contributed by atoms with Gasteiger partial charge >= 0.3 is 5.97 Å². The molecule has 0 radical (unpaired) electrons. The second-order valence-corrected chi connectivity index (χ2v) is 22.1. The smallest absolute Gasteiger partial charge is 0.335 e. The maximum Gasteiger partial charge on any atom is 0.335 e. The van der Waals surface area contributed by atoms with E-state index in [1.54, 1.807) is 12.1 Å². The summed E-state index contributed by atoms with van der Waals surface area (Å²) in [7, 11) is -2.91. The fourth-order valence-electron chi connectivity index (χ4n) is 14.2. The summed E-state index contributed by atoms with van der Waals surface area (Å²) in [6, 6.07) is 6.98. The van der Waals surface area contributed by atoms with Crippen molar-refractivity contribution in [2.24, 2.45) is 62.6 Å². The van der Waals surface area contributed by atoms with Crippen LogP contribution in [0.5, 0.6) is 0 Å². The SMILES string of the molecule is CC(C)[C@@H]1CC[C@]2(C(=O)NCCCN3CCS(=O)(=O)CC3)CC[C@]3(C)[C@H](CC[C@@H]4[C@@]5(C)[C@H](F)C=C(c6ccc(C(=O)O)cc6)C(C)(C)[C@@H]5CC[C@]43C)[C@@H]12. The van der Waals surface area contributed by atoms with Crippen LogP contribution in [0.2, 0.25) is 0 Å². The third kappa shape index (κ3) is 5.98. The highest BCUT2D eigenvalue weighted by atomic mass is 32.2. The van der Waals surface area contributed by atoms with Gasteiger partial charge in [0.25, 0.3) is 0 Å². The minimum atomic E-state index is -2.91. The summed E-state index contributed by atoms with van der Waals surface area (Å²) >= 11 is 0. The molecule has 1 aromatic rings. The highest BCUT2D eigenvalue weighted by Crippen LogP contribution is 2.78. The summed E-state index contributed by atoms with van der Waals surface area (Å²) in [6.45, 7) is 19.2. The van der Waals surface area contributed by atoms with Gasteiger partial charge < -0.3 is 15.3 Å². The van der Waals surface area contributed by atoms with Gasteiger partial charge in [-0.15, -0.1) is 0 Å². The van der Waals surface area contributed by atoms with Crippen molar-refractivity contribution in [3.8, 4) is 0 Å². The molecule has 0 bridgehead atoms. The molecular weight excluding hydrogens is 688 g/mol. The van der Waals surface area contributed by atoms with Crippen molar-refractivity contribution < 1.29 is 27.5 Å². The van der Waals surface area contributed by atoms with Crippen LogP contribution in [0.4, 0.5) is 4.39 Å². The van der Waals surface area contributed by atoms with Crippen LogP contribution in [0.15, 0.2) is 30.3 Å². The molecule has 0 spiro atoms. The number of carboxylic acids is 1. The lowest BCUT2D eigenvalue weighted by Gasteiger charge is -2.72. The van der Waals surface area contributed by atoms with E-state index in [2.05, 4.69) is 58.7 Å². The van der Waals surface area contributed by atoms with Crippen molar-refractivity contribution in [3.63, 3.8) is 0 Å². The van der Waals surface area contributed by atoms with E-state index in [1.807, 2.05) is 18.2 Å². The number of rotatable bonds is 8. The number of sulfone groups is 1. The van der Waals surface area contributed by atoms with Crippen molar-refractivity contribution in [3.05, 3.63) is 41.5 Å². The lowest BCUT2D eigenvalue weighted by atomic mass is 9.32. The van der Waals surface area contributed by atoms with Crippen molar-refractivity contribution in [2.45, 2.75) is 112 Å². The minimum absolute atomic E-state index is 0.00490. The van der Waals surface area contributed by atoms with E-state index < -0.39 is 27.4 Å². The topological polar surface area (TPSA) is 104 Å². The Morgan fingerprint density at radius 1 is 0.906 bits per heavy atom. The quantitative estimate of drug-likeness (QED) is 0.259. The van der Waals surface area contributed by atoms with E-state index >= 15 is 4.39 Å². The van der Waals surface area contributed by atoms with Gasteiger partial charge in [-0.05, 0) is 145 Å². The number of nitrogens with one attached hydrogen (secondary N) is 1. The average Bonchev–Trinajstić information content (AvgIpc) is 3.51. The summed E-state index contributed by atoms with van der Waals surface area (Å²) in [5, 5.41) is 12.9. The van der Waals surface area contributed by atoms with Crippen LogP contribution in [0.3, 0.4) is 0 Å². The van der Waals surface area contributed by atoms with Gasteiger partial charge in [0.05, 0.1) is 22.5 Å². The molecule has 1 saturated heterocycles. The number of aromatic carboxylic acids is 1. The van der Waals surface area contributed by atoms with E-state index in [9.17, 15) is 23.1 Å². The first-order valence-electron chi connectivity index (χ1n) is 20.7. The third-order valence-electron chi connectivity index (χ3n) is 17.3. The normalized spacial score (nSPS) is 41.7. The van der Waals surface area contributed by atoms with E-state index in [0.29, 0.717) is 43.3 Å². The van der Waals surface area contributed by atoms with Gasteiger partial charge in [0.1, 0.15) is 6.17 Å². The van der Waals surface area contributed by atoms with E-state index in [1.165, 1.54) is 0 Å². The van der Waals surface area contributed by atoms with Gasteiger partial charge in [0.2, 0.25) is 5.91 Å². The first-order chi connectivity index (χ1) is 24.8. The molecule has 5 aliphatic carbocycles. The number of fused-ring (bicyclic) bond motifs is 7. The van der Waals surface area contributed by atoms with E-state index in [0.717, 1.165) is 75.5 Å². The largest absolute Gasteiger partial charge is 0.478 e. The Kier molecular flexibility index (Phi) is 9.89. The molecule has 7 nitrogen and oxygen atoms in total. The van der Waals surface area contributed by atoms with Gasteiger partial charge in [0.15, 0.2) is 9.84 Å². The number of alkyl halides is 1. The molecule has 7 rings (SSSR count). The summed E-state index contributed by atoms with van der Waals surface area (Å²) in [6.07, 6.45) is 9.59. The summed E-state index contributed by atoms with van der Waals surface area (Å²) in [5.74, 6) is 1.85. The standard InChI is InChI=1S/C44H65FN2O5S/c1-28(2)31-15-18-44(39(50)46-21-8-22-47-23-25-53(51,52)26-24-47)20-19-41(5)32(37(31)44)13-14-35-42(41,6)17-16-34-40(3,4)33(27-36(45)43(34,35)7)29-9-11-30(12-10-29)38(48)49/h9-12,27-28,31-32,34-37H,8,13-26H2,1-7H3,(H,46,50)(H,48,49)/t31-,32+,34-,35-,36+,37+,41+,42+,43-,44-/m0/s1. The number of halogens is 1. The second kappa shape index (κ2) is 13.4. The number of benzene rings is 1. The molecule has 9 heteroatoms. The maximum absolute atomic E-state index is 17.3.